The first-order chi connectivity index (χ1) is 5.72. The van der Waals surface area contributed by atoms with Crippen LogP contribution in [0.2, 0.25) is 0 Å². The summed E-state index contributed by atoms with van der Waals surface area (Å²) in [5.41, 5.74) is 0.636. The largest absolute Gasteiger partial charge is 0.379 e. The Morgan fingerprint density at radius 1 is 1.25 bits per heavy atom. The van der Waals surface area contributed by atoms with Gasteiger partial charge in [0.05, 0.1) is 13.2 Å². The van der Waals surface area contributed by atoms with Gasteiger partial charge in [-0.15, -0.1) is 0 Å². The average Bonchev–Trinajstić information content (AvgIpc) is 2.85. The van der Waals surface area contributed by atoms with E-state index in [1.165, 1.54) is 12.8 Å². The van der Waals surface area contributed by atoms with Crippen molar-refractivity contribution in [1.82, 2.24) is 4.90 Å². The Morgan fingerprint density at radius 2 is 1.83 bits per heavy atom. The number of rotatable bonds is 2. The fraction of sp³-hybridized carbons (Fsp3) is 1.00. The van der Waals surface area contributed by atoms with Crippen LogP contribution >= 0.6 is 0 Å². The first-order valence-electron chi connectivity index (χ1n) is 5.04. The molecule has 1 unspecified atom stereocenters. The quantitative estimate of drug-likeness (QED) is 0.621. The standard InChI is InChI=1S/C10H19NO/c1-9(10(2)3-4-10)11-5-7-12-8-6-11/h9H,3-8H2,1-2H3. The van der Waals surface area contributed by atoms with Gasteiger partial charge in [0.15, 0.2) is 0 Å². The summed E-state index contributed by atoms with van der Waals surface area (Å²) in [5.74, 6) is 0. The molecule has 2 aliphatic rings. The highest BCUT2D eigenvalue weighted by Gasteiger charge is 2.44. The molecule has 1 saturated carbocycles. The summed E-state index contributed by atoms with van der Waals surface area (Å²) in [6.45, 7) is 8.92. The lowest BCUT2D eigenvalue weighted by Gasteiger charge is -2.35. The maximum Gasteiger partial charge on any atom is 0.0594 e. The van der Waals surface area contributed by atoms with Crippen LogP contribution in [0.15, 0.2) is 0 Å². The first-order valence-corrected chi connectivity index (χ1v) is 5.04. The van der Waals surface area contributed by atoms with Crippen molar-refractivity contribution in [3.8, 4) is 0 Å². The van der Waals surface area contributed by atoms with E-state index in [0.29, 0.717) is 5.41 Å². The molecule has 0 aromatic carbocycles. The van der Waals surface area contributed by atoms with Crippen molar-refractivity contribution in [1.29, 1.82) is 0 Å². The minimum absolute atomic E-state index is 0.636. The average molecular weight is 169 g/mol. The second-order valence-electron chi connectivity index (χ2n) is 4.48. The van der Waals surface area contributed by atoms with Crippen LogP contribution in [-0.2, 0) is 4.74 Å². The fourth-order valence-corrected chi connectivity index (χ4v) is 2.02. The zero-order valence-corrected chi connectivity index (χ0v) is 8.18. The Labute approximate surface area is 74.9 Å². The predicted octanol–water partition coefficient (Wildman–Crippen LogP) is 1.51. The highest BCUT2D eigenvalue weighted by atomic mass is 16.5. The van der Waals surface area contributed by atoms with E-state index < -0.39 is 0 Å². The fourth-order valence-electron chi connectivity index (χ4n) is 2.02. The summed E-state index contributed by atoms with van der Waals surface area (Å²) in [6, 6.07) is 0.765. The molecule has 0 radical (unpaired) electrons. The van der Waals surface area contributed by atoms with E-state index in [-0.39, 0.29) is 0 Å². The Hall–Kier alpha value is -0.0800. The van der Waals surface area contributed by atoms with E-state index in [1.807, 2.05) is 0 Å². The van der Waals surface area contributed by atoms with Crippen molar-refractivity contribution in [3.63, 3.8) is 0 Å². The molecule has 2 heteroatoms. The molecule has 0 bridgehead atoms. The van der Waals surface area contributed by atoms with Crippen LogP contribution in [0.1, 0.15) is 26.7 Å². The Kier molecular flexibility index (Phi) is 2.13. The third-order valence-corrected chi connectivity index (χ3v) is 3.64. The highest BCUT2D eigenvalue weighted by molar-refractivity contribution is 4.97. The molecule has 0 aromatic heterocycles. The molecule has 2 nitrogen and oxygen atoms in total. The minimum Gasteiger partial charge on any atom is -0.379 e. The van der Waals surface area contributed by atoms with Gasteiger partial charge in [-0.05, 0) is 25.2 Å². The molecular formula is C10H19NO. The number of hydrogen-bond acceptors (Lipinski definition) is 2. The maximum absolute atomic E-state index is 5.34. The molecule has 2 fully saturated rings. The summed E-state index contributed by atoms with van der Waals surface area (Å²) in [5, 5.41) is 0. The van der Waals surface area contributed by atoms with E-state index in [0.717, 1.165) is 32.3 Å². The second kappa shape index (κ2) is 3.00. The van der Waals surface area contributed by atoms with Crippen molar-refractivity contribution in [3.05, 3.63) is 0 Å². The van der Waals surface area contributed by atoms with Gasteiger partial charge in [0.1, 0.15) is 0 Å². The second-order valence-corrected chi connectivity index (χ2v) is 4.48. The predicted molar refractivity (Wildman–Crippen MR) is 49.2 cm³/mol. The third-order valence-electron chi connectivity index (χ3n) is 3.64. The van der Waals surface area contributed by atoms with Crippen LogP contribution in [0, 0.1) is 5.41 Å². The molecule has 12 heavy (non-hydrogen) atoms. The number of hydrogen-bond donors (Lipinski definition) is 0. The molecule has 1 atom stereocenters. The summed E-state index contributed by atoms with van der Waals surface area (Å²) in [7, 11) is 0. The zero-order chi connectivity index (χ0) is 8.60. The molecule has 1 heterocycles. The van der Waals surface area contributed by atoms with Gasteiger partial charge >= 0.3 is 0 Å². The summed E-state index contributed by atoms with van der Waals surface area (Å²) < 4.78 is 5.34. The Morgan fingerprint density at radius 3 is 2.33 bits per heavy atom. The van der Waals surface area contributed by atoms with Crippen molar-refractivity contribution < 1.29 is 4.74 Å². The van der Waals surface area contributed by atoms with Crippen LogP contribution < -0.4 is 0 Å². The van der Waals surface area contributed by atoms with Gasteiger partial charge in [0.2, 0.25) is 0 Å². The summed E-state index contributed by atoms with van der Waals surface area (Å²) >= 11 is 0. The van der Waals surface area contributed by atoms with Crippen LogP contribution in [0.25, 0.3) is 0 Å². The van der Waals surface area contributed by atoms with Crippen LogP contribution in [0.5, 0.6) is 0 Å². The molecule has 0 aromatic rings. The molecule has 2 rings (SSSR count). The zero-order valence-electron chi connectivity index (χ0n) is 8.18. The summed E-state index contributed by atoms with van der Waals surface area (Å²) in [6.07, 6.45) is 2.84. The molecule has 0 N–H and O–H groups in total. The van der Waals surface area contributed by atoms with E-state index >= 15 is 0 Å². The lowest BCUT2D eigenvalue weighted by molar-refractivity contribution is 0.00573. The lowest BCUT2D eigenvalue weighted by atomic mass is 9.99. The van der Waals surface area contributed by atoms with Gasteiger partial charge in [0.25, 0.3) is 0 Å². The monoisotopic (exact) mass is 169 g/mol. The molecule has 1 aliphatic carbocycles. The number of morpholine rings is 1. The van der Waals surface area contributed by atoms with Gasteiger partial charge < -0.3 is 4.74 Å². The summed E-state index contributed by atoms with van der Waals surface area (Å²) in [4.78, 5) is 2.58. The molecular weight excluding hydrogens is 150 g/mol. The van der Waals surface area contributed by atoms with E-state index in [2.05, 4.69) is 18.7 Å². The van der Waals surface area contributed by atoms with Gasteiger partial charge in [-0.3, -0.25) is 4.90 Å². The molecule has 1 aliphatic heterocycles. The van der Waals surface area contributed by atoms with Gasteiger partial charge in [-0.2, -0.15) is 0 Å². The first kappa shape index (κ1) is 8.52. The SMILES string of the molecule is CC(N1CCOCC1)C1(C)CC1. The molecule has 1 saturated heterocycles. The van der Waals surface area contributed by atoms with E-state index in [1.54, 1.807) is 0 Å². The van der Waals surface area contributed by atoms with Crippen LogP contribution in [0.4, 0.5) is 0 Å². The number of ether oxygens (including phenoxy) is 1. The van der Waals surface area contributed by atoms with Gasteiger partial charge in [-0.25, -0.2) is 0 Å². The highest BCUT2D eigenvalue weighted by Crippen LogP contribution is 2.49. The minimum atomic E-state index is 0.636. The lowest BCUT2D eigenvalue weighted by Crippen LogP contribution is -2.45. The van der Waals surface area contributed by atoms with Crippen LogP contribution in [0.3, 0.4) is 0 Å². The molecule has 0 amide bonds. The smallest absolute Gasteiger partial charge is 0.0594 e. The van der Waals surface area contributed by atoms with E-state index in [4.69, 9.17) is 4.74 Å². The topological polar surface area (TPSA) is 12.5 Å². The third kappa shape index (κ3) is 1.50. The van der Waals surface area contributed by atoms with Crippen molar-refractivity contribution in [2.24, 2.45) is 5.41 Å². The number of nitrogens with zero attached hydrogens (tertiary/aromatic N) is 1. The van der Waals surface area contributed by atoms with Gasteiger partial charge in [-0.1, -0.05) is 6.92 Å². The molecule has 70 valence electrons. The van der Waals surface area contributed by atoms with Gasteiger partial charge in [0, 0.05) is 19.1 Å². The normalized spacial score (nSPS) is 31.5. The van der Waals surface area contributed by atoms with Crippen molar-refractivity contribution >= 4 is 0 Å². The van der Waals surface area contributed by atoms with E-state index in [9.17, 15) is 0 Å². The van der Waals surface area contributed by atoms with Crippen LogP contribution in [-0.4, -0.2) is 37.2 Å². The Bertz CT molecular complexity index is 159. The Balaban J connectivity index is 1.89. The molecule has 0 spiro atoms. The van der Waals surface area contributed by atoms with Crippen molar-refractivity contribution in [2.45, 2.75) is 32.7 Å². The van der Waals surface area contributed by atoms with Crippen molar-refractivity contribution in [2.75, 3.05) is 26.3 Å². The maximum atomic E-state index is 5.34.